The average Bonchev–Trinajstić information content (AvgIpc) is 2.27. The average molecular weight is 224 g/mol. The quantitative estimate of drug-likeness (QED) is 0.458. The Labute approximate surface area is 92.1 Å². The van der Waals surface area contributed by atoms with Gasteiger partial charge in [-0.3, -0.25) is 10.1 Å². The van der Waals surface area contributed by atoms with Crippen LogP contribution in [0.4, 0.5) is 5.69 Å². The molecule has 0 aliphatic rings. The smallest absolute Gasteiger partial charge is 0.315 e. The molecule has 0 amide bonds. The molecule has 86 valence electrons. The Morgan fingerprint density at radius 2 is 2.31 bits per heavy atom. The highest BCUT2D eigenvalue weighted by Gasteiger charge is 2.21. The van der Waals surface area contributed by atoms with E-state index in [1.54, 1.807) is 0 Å². The summed E-state index contributed by atoms with van der Waals surface area (Å²) in [7, 11) is 1.31. The Morgan fingerprint density at radius 1 is 1.69 bits per heavy atom. The number of phenolic OH excluding ortho intramolecular Hbond substituents is 1. The normalized spacial score (nSPS) is 11.9. The lowest BCUT2D eigenvalue weighted by Crippen LogP contribution is -2.07. The number of nitrogens with zero attached hydrogens (tertiary/aromatic N) is 1. The van der Waals surface area contributed by atoms with E-state index in [9.17, 15) is 15.2 Å². The predicted octanol–water partition coefficient (Wildman–Crippen LogP) is 1.49. The van der Waals surface area contributed by atoms with E-state index in [1.807, 2.05) is 0 Å². The summed E-state index contributed by atoms with van der Waals surface area (Å²) in [5, 5.41) is 20.2. The SMILES string of the molecule is C=C[C@H](N)c1cc(OC)c(O)c([N+](=O)[O-])c1. The van der Waals surface area contributed by atoms with Gasteiger partial charge in [-0.05, 0) is 11.6 Å². The van der Waals surface area contributed by atoms with Crippen LogP contribution in [0, 0.1) is 10.1 Å². The van der Waals surface area contributed by atoms with Crippen molar-refractivity contribution in [3.8, 4) is 11.5 Å². The first kappa shape index (κ1) is 12.0. The molecule has 6 nitrogen and oxygen atoms in total. The van der Waals surface area contributed by atoms with Gasteiger partial charge < -0.3 is 15.6 Å². The molecule has 0 aromatic heterocycles. The van der Waals surface area contributed by atoms with Gasteiger partial charge in [-0.2, -0.15) is 0 Å². The van der Waals surface area contributed by atoms with E-state index in [2.05, 4.69) is 6.58 Å². The van der Waals surface area contributed by atoms with Crippen LogP contribution in [0.5, 0.6) is 11.5 Å². The number of aromatic hydroxyl groups is 1. The molecule has 0 saturated carbocycles. The van der Waals surface area contributed by atoms with E-state index in [4.69, 9.17) is 10.5 Å². The number of methoxy groups -OCH3 is 1. The molecule has 3 N–H and O–H groups in total. The molecule has 6 heteroatoms. The van der Waals surface area contributed by atoms with E-state index < -0.39 is 22.4 Å². The highest BCUT2D eigenvalue weighted by Crippen LogP contribution is 2.38. The number of nitro groups is 1. The first-order valence-corrected chi connectivity index (χ1v) is 4.44. The van der Waals surface area contributed by atoms with E-state index in [1.165, 1.54) is 25.3 Å². The summed E-state index contributed by atoms with van der Waals surface area (Å²) in [5.41, 5.74) is 5.68. The van der Waals surface area contributed by atoms with Gasteiger partial charge in [0.2, 0.25) is 5.75 Å². The van der Waals surface area contributed by atoms with Crippen LogP contribution in [-0.4, -0.2) is 17.1 Å². The van der Waals surface area contributed by atoms with Gasteiger partial charge in [0.05, 0.1) is 12.0 Å². The number of rotatable bonds is 4. The minimum atomic E-state index is -0.697. The van der Waals surface area contributed by atoms with Gasteiger partial charge in [0.15, 0.2) is 5.75 Å². The molecule has 1 aromatic carbocycles. The zero-order valence-corrected chi connectivity index (χ0v) is 8.71. The van der Waals surface area contributed by atoms with Crippen molar-refractivity contribution in [3.63, 3.8) is 0 Å². The maximum atomic E-state index is 10.7. The maximum absolute atomic E-state index is 10.7. The van der Waals surface area contributed by atoms with Crippen molar-refractivity contribution in [3.05, 3.63) is 40.5 Å². The van der Waals surface area contributed by atoms with E-state index in [0.29, 0.717) is 5.56 Å². The van der Waals surface area contributed by atoms with E-state index in [-0.39, 0.29) is 5.75 Å². The van der Waals surface area contributed by atoms with Gasteiger partial charge in [0.1, 0.15) is 0 Å². The lowest BCUT2D eigenvalue weighted by molar-refractivity contribution is -0.386. The molecule has 0 spiro atoms. The number of nitro benzene ring substituents is 1. The molecule has 0 radical (unpaired) electrons. The lowest BCUT2D eigenvalue weighted by Gasteiger charge is -2.10. The summed E-state index contributed by atoms with van der Waals surface area (Å²) in [4.78, 5) is 9.98. The summed E-state index contributed by atoms with van der Waals surface area (Å²) in [6, 6.07) is 2.09. The third kappa shape index (κ3) is 2.12. The van der Waals surface area contributed by atoms with E-state index in [0.717, 1.165) is 0 Å². The number of nitrogens with two attached hydrogens (primary N) is 1. The predicted molar refractivity (Wildman–Crippen MR) is 58.4 cm³/mol. The second-order valence-electron chi connectivity index (χ2n) is 3.11. The van der Waals surface area contributed by atoms with Gasteiger partial charge in [-0.25, -0.2) is 0 Å². The molecule has 1 atom stereocenters. The number of benzene rings is 1. The molecule has 0 bridgehead atoms. The molecule has 0 unspecified atom stereocenters. The Balaban J connectivity index is 3.39. The van der Waals surface area contributed by atoms with Gasteiger partial charge in [0.25, 0.3) is 0 Å². The van der Waals surface area contributed by atoms with Crippen LogP contribution < -0.4 is 10.5 Å². The van der Waals surface area contributed by atoms with Crippen LogP contribution in [0.15, 0.2) is 24.8 Å². The number of hydrogen-bond acceptors (Lipinski definition) is 5. The summed E-state index contributed by atoms with van der Waals surface area (Å²) in [6.45, 7) is 3.49. The zero-order valence-electron chi connectivity index (χ0n) is 8.71. The van der Waals surface area contributed by atoms with Crippen LogP contribution in [0.3, 0.4) is 0 Å². The highest BCUT2D eigenvalue weighted by molar-refractivity contribution is 5.57. The van der Waals surface area contributed by atoms with Crippen molar-refractivity contribution in [2.45, 2.75) is 6.04 Å². The Hall–Kier alpha value is -2.08. The van der Waals surface area contributed by atoms with Crippen LogP contribution in [0.2, 0.25) is 0 Å². The van der Waals surface area contributed by atoms with Crippen molar-refractivity contribution in [1.82, 2.24) is 0 Å². The maximum Gasteiger partial charge on any atom is 0.315 e. The van der Waals surface area contributed by atoms with Crippen molar-refractivity contribution in [1.29, 1.82) is 0 Å². The fourth-order valence-electron chi connectivity index (χ4n) is 1.24. The fourth-order valence-corrected chi connectivity index (χ4v) is 1.24. The van der Waals surface area contributed by atoms with Gasteiger partial charge in [-0.1, -0.05) is 6.08 Å². The standard InChI is InChI=1S/C10H12N2O4/c1-3-7(11)6-4-8(12(14)15)10(13)9(5-6)16-2/h3-5,7,13H,1,11H2,2H3/t7-/m0/s1. The van der Waals surface area contributed by atoms with Crippen molar-refractivity contribution in [2.75, 3.05) is 7.11 Å². The van der Waals surface area contributed by atoms with E-state index >= 15 is 0 Å². The molecule has 1 rings (SSSR count). The number of hydrogen-bond donors (Lipinski definition) is 2. The van der Waals surface area contributed by atoms with Crippen LogP contribution in [-0.2, 0) is 0 Å². The minimum Gasteiger partial charge on any atom is -0.500 e. The van der Waals surface area contributed by atoms with Crippen LogP contribution in [0.1, 0.15) is 11.6 Å². The molecule has 16 heavy (non-hydrogen) atoms. The molecule has 0 aliphatic heterocycles. The molecule has 0 heterocycles. The van der Waals surface area contributed by atoms with Crippen LogP contribution >= 0.6 is 0 Å². The first-order valence-electron chi connectivity index (χ1n) is 4.44. The summed E-state index contributed by atoms with van der Waals surface area (Å²) in [6.07, 6.45) is 1.44. The minimum absolute atomic E-state index is 0.0153. The number of phenols is 1. The number of ether oxygens (including phenoxy) is 1. The molecular formula is C10H12N2O4. The molecule has 0 saturated heterocycles. The fraction of sp³-hybridized carbons (Fsp3) is 0.200. The third-order valence-electron chi connectivity index (χ3n) is 2.13. The lowest BCUT2D eigenvalue weighted by atomic mass is 10.1. The second kappa shape index (κ2) is 4.63. The third-order valence-corrected chi connectivity index (χ3v) is 2.13. The molecule has 1 aromatic rings. The van der Waals surface area contributed by atoms with Crippen molar-refractivity contribution >= 4 is 5.69 Å². The highest BCUT2D eigenvalue weighted by atomic mass is 16.6. The van der Waals surface area contributed by atoms with Gasteiger partial charge in [0, 0.05) is 12.1 Å². The monoisotopic (exact) mass is 224 g/mol. The van der Waals surface area contributed by atoms with Crippen molar-refractivity contribution < 1.29 is 14.8 Å². The van der Waals surface area contributed by atoms with Crippen molar-refractivity contribution in [2.24, 2.45) is 5.73 Å². The first-order chi connectivity index (χ1) is 7.51. The second-order valence-corrected chi connectivity index (χ2v) is 3.11. The Kier molecular flexibility index (Phi) is 3.47. The topological polar surface area (TPSA) is 98.6 Å². The van der Waals surface area contributed by atoms with Crippen LogP contribution in [0.25, 0.3) is 0 Å². The summed E-state index contributed by atoms with van der Waals surface area (Å²) in [5.74, 6) is -0.492. The zero-order chi connectivity index (χ0) is 12.3. The molecule has 0 fully saturated rings. The summed E-state index contributed by atoms with van der Waals surface area (Å²) >= 11 is 0. The largest absolute Gasteiger partial charge is 0.500 e. The molecule has 0 aliphatic carbocycles. The summed E-state index contributed by atoms with van der Waals surface area (Å²) < 4.78 is 4.83. The molecular weight excluding hydrogens is 212 g/mol. The van der Waals surface area contributed by atoms with Gasteiger partial charge in [-0.15, -0.1) is 6.58 Å². The van der Waals surface area contributed by atoms with Gasteiger partial charge >= 0.3 is 5.69 Å². The Morgan fingerprint density at radius 3 is 2.75 bits per heavy atom. The Bertz CT molecular complexity index is 431.